The van der Waals surface area contributed by atoms with Crippen LogP contribution in [0.25, 0.3) is 0 Å². The Balaban J connectivity index is 1.41. The first-order valence-corrected chi connectivity index (χ1v) is 10.8. The number of alkyl halides is 2. The molecule has 2 fully saturated rings. The molecule has 0 aliphatic heterocycles. The average Bonchev–Trinajstić information content (AvgIpc) is 2.63. The van der Waals surface area contributed by atoms with E-state index >= 15 is 0 Å². The number of ether oxygens (including phenoxy) is 1. The van der Waals surface area contributed by atoms with Crippen molar-refractivity contribution in [1.82, 2.24) is 0 Å². The SMILES string of the molecule is CCCC1CCC([C@H]2CC=C(C3CCC(OC(F)F)CC3)CC2)CC1. The minimum atomic E-state index is -2.61. The Morgan fingerprint density at radius 1 is 0.960 bits per heavy atom. The van der Waals surface area contributed by atoms with Crippen LogP contribution in [0.15, 0.2) is 11.6 Å². The van der Waals surface area contributed by atoms with Gasteiger partial charge in [-0.3, -0.25) is 0 Å². The van der Waals surface area contributed by atoms with Gasteiger partial charge in [0.15, 0.2) is 0 Å². The molecule has 0 aromatic rings. The van der Waals surface area contributed by atoms with Crippen LogP contribution in [0.5, 0.6) is 0 Å². The Hall–Kier alpha value is -0.440. The van der Waals surface area contributed by atoms with E-state index in [1.54, 1.807) is 5.57 Å². The van der Waals surface area contributed by atoms with Crippen LogP contribution in [0.2, 0.25) is 0 Å². The van der Waals surface area contributed by atoms with Gasteiger partial charge in [-0.1, -0.05) is 44.3 Å². The van der Waals surface area contributed by atoms with Crippen molar-refractivity contribution in [1.29, 1.82) is 0 Å². The molecule has 1 atom stereocenters. The summed E-state index contributed by atoms with van der Waals surface area (Å²) in [6.45, 7) is -0.296. The van der Waals surface area contributed by atoms with E-state index in [1.165, 1.54) is 57.8 Å². The summed E-state index contributed by atoms with van der Waals surface area (Å²) in [5.74, 6) is 3.51. The summed E-state index contributed by atoms with van der Waals surface area (Å²) in [6.07, 6.45) is 18.5. The highest BCUT2D eigenvalue weighted by Gasteiger charge is 2.31. The molecule has 3 aliphatic carbocycles. The fraction of sp³-hybridized carbons (Fsp3) is 0.909. The molecule has 3 aliphatic rings. The van der Waals surface area contributed by atoms with E-state index in [4.69, 9.17) is 4.74 Å². The molecule has 3 rings (SSSR count). The number of allylic oxidation sites excluding steroid dienone is 2. The Morgan fingerprint density at radius 2 is 1.68 bits per heavy atom. The topological polar surface area (TPSA) is 9.23 Å². The highest BCUT2D eigenvalue weighted by atomic mass is 19.3. The maximum absolute atomic E-state index is 12.3. The zero-order chi connectivity index (χ0) is 17.6. The third kappa shape index (κ3) is 5.52. The molecular weight excluding hydrogens is 318 g/mol. The third-order valence-electron chi connectivity index (χ3n) is 7.24. The standard InChI is InChI=1S/C22H36F2O/c1-2-3-16-4-6-17(7-5-16)18-8-10-19(11-9-18)20-12-14-21(15-13-20)25-22(23)24/h10,16-18,20-22H,2-9,11-15H2,1H3/t16?,17?,18-,20?,21?/m0/s1. The van der Waals surface area contributed by atoms with Gasteiger partial charge in [0, 0.05) is 0 Å². The molecule has 0 aromatic heterocycles. The number of rotatable bonds is 6. The van der Waals surface area contributed by atoms with Gasteiger partial charge in [0.1, 0.15) is 0 Å². The van der Waals surface area contributed by atoms with Crippen molar-refractivity contribution < 1.29 is 13.5 Å². The van der Waals surface area contributed by atoms with Crippen molar-refractivity contribution >= 4 is 0 Å². The quantitative estimate of drug-likeness (QED) is 0.461. The Morgan fingerprint density at radius 3 is 2.24 bits per heavy atom. The van der Waals surface area contributed by atoms with Crippen molar-refractivity contribution in [3.63, 3.8) is 0 Å². The van der Waals surface area contributed by atoms with Crippen molar-refractivity contribution in [2.75, 3.05) is 0 Å². The van der Waals surface area contributed by atoms with E-state index in [1.807, 2.05) is 0 Å². The second kappa shape index (κ2) is 9.48. The Kier molecular flexibility index (Phi) is 7.33. The Bertz CT molecular complexity index is 418. The molecule has 0 N–H and O–H groups in total. The smallest absolute Gasteiger partial charge is 0.320 e. The molecule has 2 saturated carbocycles. The molecule has 0 radical (unpaired) electrons. The van der Waals surface area contributed by atoms with Crippen LogP contribution in [-0.2, 0) is 4.74 Å². The lowest BCUT2D eigenvalue weighted by atomic mass is 9.69. The second-order valence-corrected chi connectivity index (χ2v) is 8.75. The molecule has 0 saturated heterocycles. The van der Waals surface area contributed by atoms with E-state index in [0.29, 0.717) is 5.92 Å². The monoisotopic (exact) mass is 354 g/mol. The summed E-state index contributed by atoms with van der Waals surface area (Å²) < 4.78 is 29.3. The van der Waals surface area contributed by atoms with Crippen LogP contribution in [0.4, 0.5) is 8.78 Å². The average molecular weight is 355 g/mol. The highest BCUT2D eigenvalue weighted by Crippen LogP contribution is 2.43. The molecule has 0 bridgehead atoms. The van der Waals surface area contributed by atoms with Crippen LogP contribution in [0, 0.1) is 23.7 Å². The van der Waals surface area contributed by atoms with Gasteiger partial charge < -0.3 is 4.74 Å². The molecule has 0 heterocycles. The first-order valence-electron chi connectivity index (χ1n) is 10.8. The zero-order valence-electron chi connectivity index (χ0n) is 15.9. The lowest BCUT2D eigenvalue weighted by Crippen LogP contribution is -2.27. The number of hydrogen-bond acceptors (Lipinski definition) is 1. The predicted octanol–water partition coefficient (Wildman–Crippen LogP) is 7.12. The summed E-state index contributed by atoms with van der Waals surface area (Å²) in [5, 5.41) is 0. The first-order chi connectivity index (χ1) is 12.2. The van der Waals surface area contributed by atoms with Crippen LogP contribution in [0.1, 0.15) is 90.4 Å². The van der Waals surface area contributed by atoms with Gasteiger partial charge >= 0.3 is 6.61 Å². The lowest BCUT2D eigenvalue weighted by Gasteiger charge is -2.37. The van der Waals surface area contributed by atoms with E-state index in [9.17, 15) is 8.78 Å². The minimum Gasteiger partial charge on any atom is -0.320 e. The summed E-state index contributed by atoms with van der Waals surface area (Å²) in [5.41, 5.74) is 1.63. The van der Waals surface area contributed by atoms with Crippen molar-refractivity contribution in [2.45, 2.75) is 103 Å². The normalized spacial score (nSPS) is 37.1. The molecule has 0 amide bonds. The maximum Gasteiger partial charge on any atom is 0.345 e. The first kappa shape index (κ1) is 19.3. The lowest BCUT2D eigenvalue weighted by molar-refractivity contribution is -0.170. The number of halogens is 2. The molecule has 3 heteroatoms. The molecule has 1 nitrogen and oxygen atoms in total. The van der Waals surface area contributed by atoms with Gasteiger partial charge in [-0.2, -0.15) is 8.78 Å². The number of hydrogen-bond donors (Lipinski definition) is 0. The summed E-state index contributed by atoms with van der Waals surface area (Å²) in [7, 11) is 0. The van der Waals surface area contributed by atoms with E-state index < -0.39 is 6.61 Å². The van der Waals surface area contributed by atoms with Gasteiger partial charge in [0.25, 0.3) is 0 Å². The van der Waals surface area contributed by atoms with Gasteiger partial charge in [0.2, 0.25) is 0 Å². The molecular formula is C22H36F2O. The predicted molar refractivity (Wildman–Crippen MR) is 98.6 cm³/mol. The van der Waals surface area contributed by atoms with E-state index in [2.05, 4.69) is 13.0 Å². The summed E-state index contributed by atoms with van der Waals surface area (Å²) in [6, 6.07) is 0. The van der Waals surface area contributed by atoms with Crippen molar-refractivity contribution in [2.24, 2.45) is 23.7 Å². The fourth-order valence-corrected chi connectivity index (χ4v) is 5.75. The van der Waals surface area contributed by atoms with E-state index in [-0.39, 0.29) is 6.10 Å². The highest BCUT2D eigenvalue weighted by molar-refractivity contribution is 5.12. The summed E-state index contributed by atoms with van der Waals surface area (Å²) in [4.78, 5) is 0. The van der Waals surface area contributed by atoms with Crippen LogP contribution in [-0.4, -0.2) is 12.7 Å². The third-order valence-corrected chi connectivity index (χ3v) is 7.24. The zero-order valence-corrected chi connectivity index (χ0v) is 15.9. The van der Waals surface area contributed by atoms with Crippen molar-refractivity contribution in [3.8, 4) is 0 Å². The fourth-order valence-electron chi connectivity index (χ4n) is 5.75. The van der Waals surface area contributed by atoms with E-state index in [0.717, 1.165) is 43.4 Å². The van der Waals surface area contributed by atoms with Crippen LogP contribution >= 0.6 is 0 Å². The molecule has 0 spiro atoms. The molecule has 144 valence electrons. The Labute approximate surface area is 152 Å². The van der Waals surface area contributed by atoms with Crippen molar-refractivity contribution in [3.05, 3.63) is 11.6 Å². The second-order valence-electron chi connectivity index (χ2n) is 8.75. The molecule has 25 heavy (non-hydrogen) atoms. The van der Waals surface area contributed by atoms with Gasteiger partial charge in [-0.25, -0.2) is 0 Å². The van der Waals surface area contributed by atoms with Gasteiger partial charge in [0.05, 0.1) is 6.10 Å². The largest absolute Gasteiger partial charge is 0.345 e. The van der Waals surface area contributed by atoms with Gasteiger partial charge in [-0.15, -0.1) is 0 Å². The maximum atomic E-state index is 12.3. The molecule has 0 unspecified atom stereocenters. The minimum absolute atomic E-state index is 0.216. The molecule has 0 aromatic carbocycles. The van der Waals surface area contributed by atoms with Crippen LogP contribution in [0.3, 0.4) is 0 Å². The van der Waals surface area contributed by atoms with Crippen LogP contribution < -0.4 is 0 Å². The van der Waals surface area contributed by atoms with Gasteiger partial charge in [-0.05, 0) is 81.5 Å². The summed E-state index contributed by atoms with van der Waals surface area (Å²) >= 11 is 0.